The molecule has 1 fully saturated rings. The average molecular weight is 426 g/mol. The third-order valence-electron chi connectivity index (χ3n) is 5.23. The highest BCUT2D eigenvalue weighted by Gasteiger charge is 2.24. The molecule has 27 heavy (non-hydrogen) atoms. The quantitative estimate of drug-likeness (QED) is 0.813. The Morgan fingerprint density at radius 2 is 1.70 bits per heavy atom. The number of piperazine rings is 1. The van der Waals surface area contributed by atoms with Crippen LogP contribution in [-0.4, -0.2) is 60.1 Å². The maximum atomic E-state index is 9.20. The number of rotatable bonds is 3. The number of fused-ring (bicyclic) bond motifs is 1. The minimum atomic E-state index is 0.221. The minimum absolute atomic E-state index is 0.221. The molecular formula is C22H24BrN3O. The van der Waals surface area contributed by atoms with E-state index in [0.29, 0.717) is 0 Å². The maximum Gasteiger partial charge on any atom is 0.136 e. The summed E-state index contributed by atoms with van der Waals surface area (Å²) in [6.45, 7) is 4.73. The second-order valence-corrected chi connectivity index (χ2v) is 7.86. The summed E-state index contributed by atoms with van der Waals surface area (Å²) in [7, 11) is 0. The SMILES string of the molecule is OCCN1CCN(C2=Nc3ccccc3CC=C2c2ccc(Br)cc2)CC1. The van der Waals surface area contributed by atoms with Crippen molar-refractivity contribution in [2.45, 2.75) is 6.42 Å². The van der Waals surface area contributed by atoms with Gasteiger partial charge in [-0.3, -0.25) is 4.90 Å². The van der Waals surface area contributed by atoms with Crippen LogP contribution in [0.4, 0.5) is 5.69 Å². The van der Waals surface area contributed by atoms with Crippen molar-refractivity contribution in [1.29, 1.82) is 0 Å². The molecule has 0 bridgehead atoms. The molecular weight excluding hydrogens is 402 g/mol. The number of para-hydroxylation sites is 1. The average Bonchev–Trinajstić information content (AvgIpc) is 2.89. The lowest BCUT2D eigenvalue weighted by atomic mass is 10.0. The molecule has 5 heteroatoms. The zero-order valence-electron chi connectivity index (χ0n) is 15.3. The first kappa shape index (κ1) is 18.4. The molecule has 0 radical (unpaired) electrons. The second kappa shape index (κ2) is 8.38. The van der Waals surface area contributed by atoms with Gasteiger partial charge in [0.05, 0.1) is 12.3 Å². The molecule has 2 heterocycles. The molecule has 2 aromatic rings. The first-order chi connectivity index (χ1) is 13.2. The number of nitrogens with zero attached hydrogens (tertiary/aromatic N) is 3. The molecule has 1 saturated heterocycles. The number of hydrogen-bond acceptors (Lipinski definition) is 4. The van der Waals surface area contributed by atoms with Gasteiger partial charge in [-0.05, 0) is 35.7 Å². The Morgan fingerprint density at radius 3 is 2.44 bits per heavy atom. The topological polar surface area (TPSA) is 39.1 Å². The monoisotopic (exact) mass is 425 g/mol. The van der Waals surface area contributed by atoms with Gasteiger partial charge in [0, 0.05) is 42.8 Å². The van der Waals surface area contributed by atoms with Crippen LogP contribution < -0.4 is 0 Å². The fourth-order valence-electron chi connectivity index (χ4n) is 3.71. The summed E-state index contributed by atoms with van der Waals surface area (Å²) in [5.74, 6) is 1.06. The maximum absolute atomic E-state index is 9.20. The molecule has 1 N–H and O–H groups in total. The minimum Gasteiger partial charge on any atom is -0.395 e. The summed E-state index contributed by atoms with van der Waals surface area (Å²) < 4.78 is 1.08. The van der Waals surface area contributed by atoms with Crippen LogP contribution in [-0.2, 0) is 6.42 Å². The van der Waals surface area contributed by atoms with E-state index < -0.39 is 0 Å². The summed E-state index contributed by atoms with van der Waals surface area (Å²) in [4.78, 5) is 9.81. The smallest absolute Gasteiger partial charge is 0.136 e. The molecule has 0 atom stereocenters. The van der Waals surface area contributed by atoms with Crippen molar-refractivity contribution in [2.75, 3.05) is 39.3 Å². The highest BCUT2D eigenvalue weighted by Crippen LogP contribution is 2.30. The standard InChI is InChI=1S/C22H24BrN3O/c23-19-8-5-17(6-9-19)20-10-7-18-3-1-2-4-21(18)24-22(20)26-13-11-25(12-14-26)15-16-27/h1-6,8-10,27H,7,11-16H2. The van der Waals surface area contributed by atoms with Gasteiger partial charge in [-0.1, -0.05) is 52.3 Å². The first-order valence-electron chi connectivity index (χ1n) is 9.46. The van der Waals surface area contributed by atoms with E-state index in [1.165, 1.54) is 16.7 Å². The van der Waals surface area contributed by atoms with E-state index in [0.717, 1.165) is 55.1 Å². The van der Waals surface area contributed by atoms with E-state index in [2.05, 4.69) is 80.3 Å². The Morgan fingerprint density at radius 1 is 0.963 bits per heavy atom. The lowest BCUT2D eigenvalue weighted by Gasteiger charge is -2.36. The summed E-state index contributed by atoms with van der Waals surface area (Å²) in [5, 5.41) is 9.20. The van der Waals surface area contributed by atoms with Crippen LogP contribution in [0.15, 0.2) is 64.1 Å². The van der Waals surface area contributed by atoms with Crippen molar-refractivity contribution >= 4 is 33.0 Å². The number of amidine groups is 1. The molecule has 140 valence electrons. The van der Waals surface area contributed by atoms with Crippen molar-refractivity contribution in [3.05, 3.63) is 70.2 Å². The molecule has 4 rings (SSSR count). The first-order valence-corrected chi connectivity index (χ1v) is 10.2. The molecule has 2 aliphatic rings. The zero-order chi connectivity index (χ0) is 18.6. The Balaban J connectivity index is 1.69. The van der Waals surface area contributed by atoms with Gasteiger partial charge in [0.25, 0.3) is 0 Å². The van der Waals surface area contributed by atoms with Crippen LogP contribution in [0.1, 0.15) is 11.1 Å². The fraction of sp³-hybridized carbons (Fsp3) is 0.318. The van der Waals surface area contributed by atoms with Crippen LogP contribution in [0.3, 0.4) is 0 Å². The van der Waals surface area contributed by atoms with Gasteiger partial charge >= 0.3 is 0 Å². The third-order valence-corrected chi connectivity index (χ3v) is 5.76. The fourth-order valence-corrected chi connectivity index (χ4v) is 3.98. The Kier molecular flexibility index (Phi) is 5.72. The number of benzene rings is 2. The molecule has 0 unspecified atom stereocenters. The Bertz CT molecular complexity index is 852. The zero-order valence-corrected chi connectivity index (χ0v) is 16.9. The summed E-state index contributed by atoms with van der Waals surface area (Å²) in [6, 6.07) is 16.9. The Labute approximate surface area is 169 Å². The highest BCUT2D eigenvalue weighted by molar-refractivity contribution is 9.10. The van der Waals surface area contributed by atoms with Crippen molar-refractivity contribution in [3.8, 4) is 0 Å². The van der Waals surface area contributed by atoms with Gasteiger partial charge < -0.3 is 10.0 Å². The van der Waals surface area contributed by atoms with Crippen molar-refractivity contribution in [2.24, 2.45) is 4.99 Å². The van der Waals surface area contributed by atoms with Crippen molar-refractivity contribution < 1.29 is 5.11 Å². The van der Waals surface area contributed by atoms with Gasteiger partial charge in [-0.2, -0.15) is 0 Å². The molecule has 0 aliphatic carbocycles. The summed E-state index contributed by atoms with van der Waals surface area (Å²) in [6.07, 6.45) is 3.20. The van der Waals surface area contributed by atoms with Gasteiger partial charge in [0.1, 0.15) is 5.84 Å². The van der Waals surface area contributed by atoms with Crippen LogP contribution in [0.2, 0.25) is 0 Å². The van der Waals surface area contributed by atoms with E-state index in [1.807, 2.05) is 0 Å². The lowest BCUT2D eigenvalue weighted by Crippen LogP contribution is -2.49. The van der Waals surface area contributed by atoms with Gasteiger partial charge in [-0.25, -0.2) is 4.99 Å². The van der Waals surface area contributed by atoms with Crippen LogP contribution in [0, 0.1) is 0 Å². The van der Waals surface area contributed by atoms with Gasteiger partial charge in [-0.15, -0.1) is 0 Å². The van der Waals surface area contributed by atoms with Crippen LogP contribution in [0.25, 0.3) is 5.57 Å². The normalized spacial score (nSPS) is 17.8. The molecule has 0 saturated carbocycles. The van der Waals surface area contributed by atoms with E-state index in [-0.39, 0.29) is 6.61 Å². The number of aliphatic imine (C=N–C) groups is 1. The van der Waals surface area contributed by atoms with Crippen LogP contribution >= 0.6 is 15.9 Å². The van der Waals surface area contributed by atoms with E-state index in [4.69, 9.17) is 4.99 Å². The predicted molar refractivity (Wildman–Crippen MR) is 114 cm³/mol. The third kappa shape index (κ3) is 4.15. The number of allylic oxidation sites excluding steroid dienone is 1. The van der Waals surface area contributed by atoms with E-state index in [1.54, 1.807) is 0 Å². The number of aliphatic hydroxyl groups is 1. The number of β-amino-alcohol motifs (C(OH)–C–C–N with tert-alkyl or cyclic N) is 1. The lowest BCUT2D eigenvalue weighted by molar-refractivity contribution is 0.148. The Hall–Kier alpha value is -1.95. The summed E-state index contributed by atoms with van der Waals surface area (Å²) >= 11 is 3.54. The number of aliphatic hydroxyl groups excluding tert-OH is 1. The van der Waals surface area contributed by atoms with E-state index >= 15 is 0 Å². The molecule has 0 aromatic heterocycles. The highest BCUT2D eigenvalue weighted by atomic mass is 79.9. The van der Waals surface area contributed by atoms with Crippen molar-refractivity contribution in [3.63, 3.8) is 0 Å². The van der Waals surface area contributed by atoms with Gasteiger partial charge in [0.15, 0.2) is 0 Å². The second-order valence-electron chi connectivity index (χ2n) is 6.95. The summed E-state index contributed by atoms with van der Waals surface area (Å²) in [5.41, 5.74) is 4.73. The van der Waals surface area contributed by atoms with Gasteiger partial charge in [0.2, 0.25) is 0 Å². The molecule has 2 aliphatic heterocycles. The molecule has 2 aromatic carbocycles. The molecule has 0 amide bonds. The number of halogens is 1. The predicted octanol–water partition coefficient (Wildman–Crippen LogP) is 3.73. The van der Waals surface area contributed by atoms with Crippen molar-refractivity contribution in [1.82, 2.24) is 9.80 Å². The van der Waals surface area contributed by atoms with E-state index in [9.17, 15) is 5.11 Å². The van der Waals surface area contributed by atoms with Crippen LogP contribution in [0.5, 0.6) is 0 Å². The largest absolute Gasteiger partial charge is 0.395 e. The number of hydrogen-bond donors (Lipinski definition) is 1. The molecule has 0 spiro atoms. The molecule has 4 nitrogen and oxygen atoms in total.